The summed E-state index contributed by atoms with van der Waals surface area (Å²) in [5.74, 6) is -0.975. The van der Waals surface area contributed by atoms with Crippen LogP contribution in [0.15, 0.2) is 32.5 Å². The average Bonchev–Trinajstić information content (AvgIpc) is 3.36. The topological polar surface area (TPSA) is 163 Å². The van der Waals surface area contributed by atoms with E-state index < -0.39 is 11.5 Å². The molecule has 12 nitrogen and oxygen atoms in total. The predicted octanol–water partition coefficient (Wildman–Crippen LogP) is 1.14. The molecule has 0 spiro atoms. The average molecular weight is 450 g/mol. The Labute approximate surface area is 181 Å². The van der Waals surface area contributed by atoms with Gasteiger partial charge in [0.2, 0.25) is 16.0 Å². The molecule has 1 amide bonds. The Balaban J connectivity index is 1.80. The van der Waals surface area contributed by atoms with Crippen molar-refractivity contribution < 1.29 is 23.4 Å². The van der Waals surface area contributed by atoms with E-state index in [4.69, 9.17) is 24.4 Å². The molecule has 0 unspecified atom stereocenters. The molecular formula is C18H22N6O6S. The quantitative estimate of drug-likeness (QED) is 0.497. The molecule has 3 rings (SSSR count). The normalized spacial score (nSPS) is 19.0. The summed E-state index contributed by atoms with van der Waals surface area (Å²) < 4.78 is 21.0. The SMILES string of the molecule is COc1c(N[C@H]2COC[C@@H]2OC)cc(C(=O)Nc2nnc(/N=C(C)/C=C\N)s2)oc1=O. The number of carbonyl (C=O) groups is 1. The van der Waals surface area contributed by atoms with Crippen LogP contribution in [0.5, 0.6) is 5.75 Å². The van der Waals surface area contributed by atoms with Crippen LogP contribution in [0.25, 0.3) is 0 Å². The van der Waals surface area contributed by atoms with Crippen molar-refractivity contribution in [2.45, 2.75) is 19.1 Å². The molecule has 4 N–H and O–H groups in total. The molecule has 2 atom stereocenters. The van der Waals surface area contributed by atoms with Gasteiger partial charge >= 0.3 is 5.63 Å². The van der Waals surface area contributed by atoms with Crippen molar-refractivity contribution in [1.82, 2.24) is 10.2 Å². The number of allylic oxidation sites excluding steroid dienone is 1. The molecule has 0 saturated carbocycles. The van der Waals surface area contributed by atoms with Crippen molar-refractivity contribution in [3.8, 4) is 5.75 Å². The number of ether oxygens (including phenoxy) is 3. The third-order valence-corrected chi connectivity index (χ3v) is 4.98. The number of amides is 1. The highest BCUT2D eigenvalue weighted by atomic mass is 32.1. The van der Waals surface area contributed by atoms with Gasteiger partial charge in [-0.3, -0.25) is 10.1 Å². The second-order valence-electron chi connectivity index (χ2n) is 6.36. The maximum Gasteiger partial charge on any atom is 0.381 e. The molecule has 1 aliphatic heterocycles. The van der Waals surface area contributed by atoms with Crippen molar-refractivity contribution in [2.75, 3.05) is 38.1 Å². The molecule has 2 aromatic heterocycles. The highest BCUT2D eigenvalue weighted by molar-refractivity contribution is 7.18. The maximum atomic E-state index is 12.6. The van der Waals surface area contributed by atoms with Crippen LogP contribution >= 0.6 is 11.3 Å². The van der Waals surface area contributed by atoms with Gasteiger partial charge in [-0.05, 0) is 19.2 Å². The number of carbonyl (C=O) groups excluding carboxylic acids is 1. The fraction of sp³-hybridized carbons (Fsp3) is 0.389. The van der Waals surface area contributed by atoms with Gasteiger partial charge in [-0.25, -0.2) is 9.79 Å². The molecule has 3 heterocycles. The Morgan fingerprint density at radius 3 is 2.90 bits per heavy atom. The van der Waals surface area contributed by atoms with Gasteiger partial charge in [-0.1, -0.05) is 11.3 Å². The summed E-state index contributed by atoms with van der Waals surface area (Å²) in [5, 5.41) is 13.9. The number of methoxy groups -OCH3 is 2. The predicted molar refractivity (Wildman–Crippen MR) is 115 cm³/mol. The molecule has 1 aliphatic rings. The van der Waals surface area contributed by atoms with E-state index in [1.165, 1.54) is 19.4 Å². The second kappa shape index (κ2) is 10.1. The first-order valence-electron chi connectivity index (χ1n) is 9.12. The molecule has 1 saturated heterocycles. The molecule has 0 radical (unpaired) electrons. The fourth-order valence-corrected chi connectivity index (χ4v) is 3.46. The van der Waals surface area contributed by atoms with E-state index in [-0.39, 0.29) is 34.5 Å². The van der Waals surface area contributed by atoms with Crippen molar-refractivity contribution in [3.05, 3.63) is 34.5 Å². The molecule has 0 bridgehead atoms. The van der Waals surface area contributed by atoms with E-state index >= 15 is 0 Å². The lowest BCUT2D eigenvalue weighted by atomic mass is 10.2. The molecule has 1 fully saturated rings. The monoisotopic (exact) mass is 450 g/mol. The Morgan fingerprint density at radius 1 is 1.39 bits per heavy atom. The van der Waals surface area contributed by atoms with Gasteiger partial charge in [0.05, 0.1) is 32.1 Å². The van der Waals surface area contributed by atoms with Gasteiger partial charge in [0, 0.05) is 18.9 Å². The molecule has 13 heteroatoms. The lowest BCUT2D eigenvalue weighted by Gasteiger charge is -2.20. The number of rotatable bonds is 8. The van der Waals surface area contributed by atoms with Gasteiger partial charge in [-0.2, -0.15) is 0 Å². The number of anilines is 2. The number of aromatic nitrogens is 2. The first-order chi connectivity index (χ1) is 14.9. The largest absolute Gasteiger partial charge is 0.488 e. The Kier molecular flexibility index (Phi) is 7.33. The minimum atomic E-state index is -0.808. The van der Waals surface area contributed by atoms with Crippen LogP contribution in [0.1, 0.15) is 17.5 Å². The van der Waals surface area contributed by atoms with Crippen LogP contribution in [0.4, 0.5) is 16.0 Å². The van der Waals surface area contributed by atoms with Crippen LogP contribution in [-0.4, -0.2) is 61.4 Å². The van der Waals surface area contributed by atoms with Gasteiger partial charge < -0.3 is 29.7 Å². The van der Waals surface area contributed by atoms with E-state index in [9.17, 15) is 9.59 Å². The number of nitrogens with two attached hydrogens (primary N) is 1. The highest BCUT2D eigenvalue weighted by Gasteiger charge is 2.30. The first kappa shape index (κ1) is 22.4. The smallest absolute Gasteiger partial charge is 0.381 e. The summed E-state index contributed by atoms with van der Waals surface area (Å²) >= 11 is 1.05. The van der Waals surface area contributed by atoms with Crippen LogP contribution in [-0.2, 0) is 9.47 Å². The van der Waals surface area contributed by atoms with E-state index in [2.05, 4.69) is 25.8 Å². The number of aliphatic imine (C=N–C) groups is 1. The maximum absolute atomic E-state index is 12.6. The zero-order valence-corrected chi connectivity index (χ0v) is 17.9. The zero-order valence-electron chi connectivity index (χ0n) is 17.1. The summed E-state index contributed by atoms with van der Waals surface area (Å²) in [6.45, 7) is 2.52. The first-order valence-corrected chi connectivity index (χ1v) is 9.94. The van der Waals surface area contributed by atoms with E-state index in [1.54, 1.807) is 20.1 Å². The number of hydrogen-bond donors (Lipinski definition) is 3. The zero-order chi connectivity index (χ0) is 22.4. The number of nitrogens with one attached hydrogen (secondary N) is 2. The minimum absolute atomic E-state index is 0.0609. The number of hydrogen-bond acceptors (Lipinski definition) is 12. The van der Waals surface area contributed by atoms with Crippen molar-refractivity contribution >= 4 is 38.9 Å². The van der Waals surface area contributed by atoms with Gasteiger partial charge in [0.25, 0.3) is 5.91 Å². The van der Waals surface area contributed by atoms with Gasteiger partial charge in [-0.15, -0.1) is 10.2 Å². The number of nitrogens with zero attached hydrogens (tertiary/aromatic N) is 3. The van der Waals surface area contributed by atoms with Crippen molar-refractivity contribution in [2.24, 2.45) is 10.7 Å². The molecule has 2 aromatic rings. The lowest BCUT2D eigenvalue weighted by Crippen LogP contribution is -2.34. The second-order valence-corrected chi connectivity index (χ2v) is 7.32. The van der Waals surface area contributed by atoms with Gasteiger partial charge in [0.1, 0.15) is 6.10 Å². The van der Waals surface area contributed by atoms with E-state index in [0.29, 0.717) is 24.1 Å². The summed E-state index contributed by atoms with van der Waals surface area (Å²) in [6, 6.07) is 1.14. The Hall–Kier alpha value is -3.29. The fourth-order valence-electron chi connectivity index (χ4n) is 2.79. The standard InChI is InChI=1S/C18H22N6O6S/c1-9(4-5-19)20-17-23-24-18(31-17)22-15(25)12-6-10(14(28-3)16(26)30-12)21-11-7-29-8-13(11)27-2/h4-6,11,13,21H,7-8,19H2,1-3H3,(H,22,24,25)/b5-4-,20-9+/t11-,13-/m0/s1. The van der Waals surface area contributed by atoms with Gasteiger partial charge in [0.15, 0.2) is 5.76 Å². The van der Waals surface area contributed by atoms with Crippen molar-refractivity contribution in [1.29, 1.82) is 0 Å². The summed E-state index contributed by atoms with van der Waals surface area (Å²) in [6.07, 6.45) is 2.74. The molecular weight excluding hydrogens is 428 g/mol. The summed E-state index contributed by atoms with van der Waals surface area (Å²) in [7, 11) is 2.90. The molecule has 31 heavy (non-hydrogen) atoms. The Morgan fingerprint density at radius 2 is 2.19 bits per heavy atom. The minimum Gasteiger partial charge on any atom is -0.488 e. The molecule has 166 valence electrons. The lowest BCUT2D eigenvalue weighted by molar-refractivity contribution is 0.0795. The van der Waals surface area contributed by atoms with Crippen LogP contribution in [0, 0.1) is 0 Å². The third kappa shape index (κ3) is 5.45. The Bertz CT molecular complexity index is 1050. The third-order valence-electron chi connectivity index (χ3n) is 4.25. The van der Waals surface area contributed by atoms with Crippen LogP contribution < -0.4 is 26.7 Å². The molecule has 0 aromatic carbocycles. The summed E-state index contributed by atoms with van der Waals surface area (Å²) in [5.41, 5.74) is 5.42. The highest BCUT2D eigenvalue weighted by Crippen LogP contribution is 2.26. The van der Waals surface area contributed by atoms with E-state index in [0.717, 1.165) is 11.3 Å². The summed E-state index contributed by atoms with van der Waals surface area (Å²) in [4.78, 5) is 29.1. The van der Waals surface area contributed by atoms with Crippen LogP contribution in [0.2, 0.25) is 0 Å². The van der Waals surface area contributed by atoms with Crippen LogP contribution in [0.3, 0.4) is 0 Å². The van der Waals surface area contributed by atoms with Crippen molar-refractivity contribution in [3.63, 3.8) is 0 Å². The molecule has 0 aliphatic carbocycles. The van der Waals surface area contributed by atoms with E-state index in [1.807, 2.05) is 0 Å².